The first kappa shape index (κ1) is 7.30. The van der Waals surface area contributed by atoms with Gasteiger partial charge in [-0.15, -0.1) is 6.42 Å². The minimum Gasteiger partial charge on any atom is -0.228 e. The highest BCUT2D eigenvalue weighted by Crippen LogP contribution is 2.47. The second kappa shape index (κ2) is 2.31. The maximum atomic E-state index is 13.1. The lowest BCUT2D eigenvalue weighted by atomic mass is 9.99. The number of nitrogens with zero attached hydrogens (tertiary/aromatic N) is 1. The third kappa shape index (κ3) is 0.902. The molecule has 0 radical (unpaired) electrons. The Morgan fingerprint density at radius 2 is 2.33 bits per heavy atom. The normalized spacial score (nSPS) is 18.3. The van der Waals surface area contributed by atoms with E-state index in [0.717, 1.165) is 12.8 Å². The third-order valence-electron chi connectivity index (χ3n) is 2.30. The molecule has 1 fully saturated rings. The molecule has 2 rings (SSSR count). The topological polar surface area (TPSA) is 12.9 Å². The maximum Gasteiger partial charge on any atom is 0.217 e. The van der Waals surface area contributed by atoms with E-state index >= 15 is 0 Å². The Labute approximate surface area is 70.6 Å². The molecule has 0 amide bonds. The van der Waals surface area contributed by atoms with Gasteiger partial charge in [-0.2, -0.15) is 4.39 Å². The number of rotatable bonds is 1. The Balaban J connectivity index is 2.48. The van der Waals surface area contributed by atoms with Crippen molar-refractivity contribution in [3.8, 4) is 12.3 Å². The van der Waals surface area contributed by atoms with Crippen LogP contribution in [-0.2, 0) is 5.41 Å². The summed E-state index contributed by atoms with van der Waals surface area (Å²) in [6, 6.07) is 3.44. The number of aromatic nitrogens is 1. The van der Waals surface area contributed by atoms with Crippen LogP contribution in [0, 0.1) is 18.3 Å². The summed E-state index contributed by atoms with van der Waals surface area (Å²) in [4.78, 5) is 3.57. The van der Waals surface area contributed by atoms with Crippen LogP contribution in [0.5, 0.6) is 0 Å². The van der Waals surface area contributed by atoms with E-state index in [2.05, 4.69) is 10.9 Å². The summed E-state index contributed by atoms with van der Waals surface area (Å²) in [6.45, 7) is 0. The molecule has 0 unspecified atom stereocenters. The second-order valence-corrected chi connectivity index (χ2v) is 3.07. The van der Waals surface area contributed by atoms with Gasteiger partial charge >= 0.3 is 0 Å². The van der Waals surface area contributed by atoms with E-state index in [9.17, 15) is 4.39 Å². The third-order valence-corrected chi connectivity index (χ3v) is 2.30. The summed E-state index contributed by atoms with van der Waals surface area (Å²) in [5.74, 6) is 2.21. The van der Waals surface area contributed by atoms with Gasteiger partial charge in [0.15, 0.2) is 0 Å². The molecule has 1 nitrogen and oxygen atoms in total. The van der Waals surface area contributed by atoms with Crippen LogP contribution in [0.3, 0.4) is 0 Å². The van der Waals surface area contributed by atoms with Crippen molar-refractivity contribution in [1.82, 2.24) is 4.98 Å². The van der Waals surface area contributed by atoms with Crippen LogP contribution in [0.2, 0.25) is 0 Å². The molecule has 0 N–H and O–H groups in total. The molecule has 0 aliphatic heterocycles. The molecule has 0 atom stereocenters. The zero-order valence-corrected chi connectivity index (χ0v) is 6.55. The monoisotopic (exact) mass is 161 g/mol. The fourth-order valence-corrected chi connectivity index (χ4v) is 1.36. The van der Waals surface area contributed by atoms with Gasteiger partial charge in [0.1, 0.15) is 0 Å². The van der Waals surface area contributed by atoms with Gasteiger partial charge in [0.2, 0.25) is 5.95 Å². The van der Waals surface area contributed by atoms with Crippen molar-refractivity contribution in [1.29, 1.82) is 0 Å². The van der Waals surface area contributed by atoms with Crippen molar-refractivity contribution >= 4 is 0 Å². The molecular formula is C10H8FN. The summed E-state index contributed by atoms with van der Waals surface area (Å²) in [5, 5.41) is 0. The van der Waals surface area contributed by atoms with E-state index in [0.29, 0.717) is 5.56 Å². The highest BCUT2D eigenvalue weighted by atomic mass is 19.1. The molecule has 1 aromatic rings. The number of halogens is 1. The van der Waals surface area contributed by atoms with Crippen molar-refractivity contribution < 1.29 is 4.39 Å². The Bertz CT molecular complexity index is 347. The van der Waals surface area contributed by atoms with Gasteiger partial charge < -0.3 is 0 Å². The fourth-order valence-electron chi connectivity index (χ4n) is 1.36. The molecule has 0 bridgehead atoms. The van der Waals surface area contributed by atoms with Gasteiger partial charge in [0.05, 0.1) is 5.41 Å². The highest BCUT2D eigenvalue weighted by molar-refractivity contribution is 5.39. The van der Waals surface area contributed by atoms with Crippen molar-refractivity contribution in [2.45, 2.75) is 18.3 Å². The molecule has 1 heterocycles. The fraction of sp³-hybridized carbons (Fsp3) is 0.300. The molecule has 1 aliphatic rings. The number of hydrogen-bond donors (Lipinski definition) is 0. The lowest BCUT2D eigenvalue weighted by Crippen LogP contribution is -2.06. The van der Waals surface area contributed by atoms with Crippen molar-refractivity contribution in [3.05, 3.63) is 29.8 Å². The molecule has 60 valence electrons. The number of terminal acetylenes is 1. The van der Waals surface area contributed by atoms with Crippen LogP contribution < -0.4 is 0 Å². The van der Waals surface area contributed by atoms with E-state index in [1.807, 2.05) is 0 Å². The first-order chi connectivity index (χ1) is 5.78. The summed E-state index contributed by atoms with van der Waals surface area (Å²) >= 11 is 0. The molecule has 0 aromatic carbocycles. The Kier molecular flexibility index (Phi) is 1.41. The lowest BCUT2D eigenvalue weighted by Gasteiger charge is -2.06. The van der Waals surface area contributed by atoms with Crippen molar-refractivity contribution in [3.63, 3.8) is 0 Å². The molecule has 2 heteroatoms. The largest absolute Gasteiger partial charge is 0.228 e. The van der Waals surface area contributed by atoms with E-state index in [4.69, 9.17) is 6.42 Å². The maximum absolute atomic E-state index is 13.1. The van der Waals surface area contributed by atoms with E-state index < -0.39 is 5.95 Å². The van der Waals surface area contributed by atoms with Crippen molar-refractivity contribution in [2.24, 2.45) is 0 Å². The average molecular weight is 161 g/mol. The molecule has 1 aliphatic carbocycles. The van der Waals surface area contributed by atoms with E-state index in [1.165, 1.54) is 6.20 Å². The van der Waals surface area contributed by atoms with E-state index in [1.54, 1.807) is 12.1 Å². The highest BCUT2D eigenvalue weighted by Gasteiger charge is 2.44. The van der Waals surface area contributed by atoms with Gasteiger partial charge in [-0.25, -0.2) is 4.98 Å². The molecule has 0 spiro atoms. The Morgan fingerprint density at radius 1 is 1.58 bits per heavy atom. The number of hydrogen-bond acceptors (Lipinski definition) is 1. The van der Waals surface area contributed by atoms with E-state index in [-0.39, 0.29) is 5.41 Å². The minimum absolute atomic E-state index is 0.335. The summed E-state index contributed by atoms with van der Waals surface area (Å²) < 4.78 is 13.1. The minimum atomic E-state index is -0.423. The predicted octanol–water partition coefficient (Wildman–Crippen LogP) is 1.89. The van der Waals surface area contributed by atoms with Gasteiger partial charge in [-0.05, 0) is 18.9 Å². The molecule has 1 saturated carbocycles. The molecule has 1 aromatic heterocycles. The van der Waals surface area contributed by atoms with Gasteiger partial charge in [0, 0.05) is 11.8 Å². The quantitative estimate of drug-likeness (QED) is 0.452. The SMILES string of the molecule is C#CC1(c2cccnc2F)CC1. The smallest absolute Gasteiger partial charge is 0.217 e. The zero-order chi connectivity index (χ0) is 8.60. The molecular weight excluding hydrogens is 153 g/mol. The van der Waals surface area contributed by atoms with Crippen LogP contribution in [0.25, 0.3) is 0 Å². The molecule has 0 saturated heterocycles. The first-order valence-electron chi connectivity index (χ1n) is 3.87. The van der Waals surface area contributed by atoms with Gasteiger partial charge in [0.25, 0.3) is 0 Å². The summed E-state index contributed by atoms with van der Waals surface area (Å²) in [7, 11) is 0. The summed E-state index contributed by atoms with van der Waals surface area (Å²) in [6.07, 6.45) is 8.52. The van der Waals surface area contributed by atoms with Crippen LogP contribution in [-0.4, -0.2) is 4.98 Å². The average Bonchev–Trinajstić information content (AvgIpc) is 2.86. The Hall–Kier alpha value is -1.36. The standard InChI is InChI=1S/C10H8FN/c1-2-10(5-6-10)8-4-3-7-12-9(8)11/h1,3-4,7H,5-6H2. The van der Waals surface area contributed by atoms with Crippen LogP contribution in [0.4, 0.5) is 4.39 Å². The predicted molar refractivity (Wildman–Crippen MR) is 43.9 cm³/mol. The van der Waals surface area contributed by atoms with Gasteiger partial charge in [-0.3, -0.25) is 0 Å². The zero-order valence-electron chi connectivity index (χ0n) is 6.55. The van der Waals surface area contributed by atoms with Gasteiger partial charge in [-0.1, -0.05) is 12.0 Å². The summed E-state index contributed by atoms with van der Waals surface area (Å²) in [5.41, 5.74) is 0.241. The second-order valence-electron chi connectivity index (χ2n) is 3.07. The first-order valence-corrected chi connectivity index (χ1v) is 3.87. The van der Waals surface area contributed by atoms with Crippen molar-refractivity contribution in [2.75, 3.05) is 0 Å². The lowest BCUT2D eigenvalue weighted by molar-refractivity contribution is 0.558. The van der Waals surface area contributed by atoms with Crippen LogP contribution >= 0.6 is 0 Å². The number of pyridine rings is 1. The van der Waals surface area contributed by atoms with Crippen LogP contribution in [0.15, 0.2) is 18.3 Å². The Morgan fingerprint density at radius 3 is 2.83 bits per heavy atom. The van der Waals surface area contributed by atoms with Crippen LogP contribution in [0.1, 0.15) is 18.4 Å². The molecule has 12 heavy (non-hydrogen) atoms.